The van der Waals surface area contributed by atoms with Crippen molar-refractivity contribution in [2.45, 2.75) is 70.5 Å². The summed E-state index contributed by atoms with van der Waals surface area (Å²) in [5.41, 5.74) is 0.952. The summed E-state index contributed by atoms with van der Waals surface area (Å²) >= 11 is 0. The first-order valence-corrected chi connectivity index (χ1v) is 8.79. The molecule has 0 saturated heterocycles. The normalized spacial score (nSPS) is 32.4. The van der Waals surface area contributed by atoms with E-state index in [0.717, 1.165) is 50.7 Å². The standard InChI is InChI=1S/C17H29NO5/c1-2-3-4-12(19)6-5-11-9-13-14(17(11)22)10-15(13)18-23-8-7-16(20)21/h11-14,17,19,22H,2-10H2,1H3,(H,20,21). The quantitative estimate of drug-likeness (QED) is 0.422. The zero-order chi connectivity index (χ0) is 16.8. The van der Waals surface area contributed by atoms with E-state index in [-0.39, 0.29) is 43.0 Å². The molecule has 0 aromatic carbocycles. The molecule has 132 valence electrons. The highest BCUT2D eigenvalue weighted by atomic mass is 16.6. The summed E-state index contributed by atoms with van der Waals surface area (Å²) in [6.07, 6.45) is 5.61. The zero-order valence-electron chi connectivity index (χ0n) is 13.9. The Morgan fingerprint density at radius 3 is 2.91 bits per heavy atom. The fraction of sp³-hybridized carbons (Fsp3) is 0.882. The Morgan fingerprint density at radius 2 is 2.22 bits per heavy atom. The van der Waals surface area contributed by atoms with Crippen molar-refractivity contribution >= 4 is 11.7 Å². The van der Waals surface area contributed by atoms with Crippen LogP contribution in [0.1, 0.15) is 58.3 Å². The van der Waals surface area contributed by atoms with Gasteiger partial charge in [0, 0.05) is 5.92 Å². The van der Waals surface area contributed by atoms with Gasteiger partial charge >= 0.3 is 5.97 Å². The first-order valence-electron chi connectivity index (χ1n) is 8.79. The number of nitrogens with zero attached hydrogens (tertiary/aromatic N) is 1. The highest BCUT2D eigenvalue weighted by Crippen LogP contribution is 2.49. The van der Waals surface area contributed by atoms with Gasteiger partial charge in [-0.1, -0.05) is 24.9 Å². The average Bonchev–Trinajstić information content (AvgIpc) is 2.74. The van der Waals surface area contributed by atoms with Crippen molar-refractivity contribution in [2.75, 3.05) is 6.61 Å². The Labute approximate surface area is 137 Å². The number of rotatable bonds is 10. The van der Waals surface area contributed by atoms with Crippen LogP contribution in [0.25, 0.3) is 0 Å². The molecule has 2 rings (SSSR count). The molecule has 0 aliphatic heterocycles. The first kappa shape index (κ1) is 18.2. The minimum Gasteiger partial charge on any atom is -0.481 e. The molecule has 0 bridgehead atoms. The smallest absolute Gasteiger partial charge is 0.306 e. The summed E-state index contributed by atoms with van der Waals surface area (Å²) in [6, 6.07) is 0. The molecule has 0 aromatic rings. The molecule has 5 unspecified atom stereocenters. The maximum Gasteiger partial charge on any atom is 0.306 e. The third-order valence-electron chi connectivity index (χ3n) is 5.22. The molecule has 3 N–H and O–H groups in total. The van der Waals surface area contributed by atoms with Crippen molar-refractivity contribution in [2.24, 2.45) is 22.9 Å². The van der Waals surface area contributed by atoms with Gasteiger partial charge < -0.3 is 20.2 Å². The van der Waals surface area contributed by atoms with Crippen LogP contribution in [0.15, 0.2) is 5.16 Å². The number of hydrogen-bond donors (Lipinski definition) is 3. The molecule has 0 radical (unpaired) electrons. The molecule has 0 spiro atoms. The molecule has 5 atom stereocenters. The molecule has 2 fully saturated rings. The Hall–Kier alpha value is -1.14. The van der Waals surface area contributed by atoms with Crippen molar-refractivity contribution in [3.63, 3.8) is 0 Å². The highest BCUT2D eigenvalue weighted by molar-refractivity contribution is 5.93. The lowest BCUT2D eigenvalue weighted by atomic mass is 9.73. The van der Waals surface area contributed by atoms with E-state index >= 15 is 0 Å². The van der Waals surface area contributed by atoms with Crippen LogP contribution in [0.5, 0.6) is 0 Å². The lowest BCUT2D eigenvalue weighted by molar-refractivity contribution is -0.138. The number of hydrogen-bond acceptors (Lipinski definition) is 5. The van der Waals surface area contributed by atoms with Gasteiger partial charge in [0.05, 0.1) is 24.3 Å². The summed E-state index contributed by atoms with van der Waals surface area (Å²) in [6.45, 7) is 2.20. The molecule has 2 aliphatic rings. The van der Waals surface area contributed by atoms with Gasteiger partial charge in [0.2, 0.25) is 0 Å². The van der Waals surface area contributed by atoms with E-state index in [1.54, 1.807) is 0 Å². The van der Waals surface area contributed by atoms with Crippen LogP contribution in [0.4, 0.5) is 0 Å². The first-order chi connectivity index (χ1) is 11.0. The van der Waals surface area contributed by atoms with Crippen LogP contribution in [0, 0.1) is 17.8 Å². The summed E-state index contributed by atoms with van der Waals surface area (Å²) in [5.74, 6) is -0.134. The van der Waals surface area contributed by atoms with Crippen LogP contribution in [0.3, 0.4) is 0 Å². The second-order valence-corrected chi connectivity index (χ2v) is 6.89. The van der Waals surface area contributed by atoms with Crippen LogP contribution in [-0.2, 0) is 9.63 Å². The van der Waals surface area contributed by atoms with Crippen LogP contribution < -0.4 is 0 Å². The van der Waals surface area contributed by atoms with Crippen molar-refractivity contribution in [1.82, 2.24) is 0 Å². The van der Waals surface area contributed by atoms with Gasteiger partial charge in [-0.25, -0.2) is 0 Å². The van der Waals surface area contributed by atoms with Crippen molar-refractivity contribution in [1.29, 1.82) is 0 Å². The van der Waals surface area contributed by atoms with Gasteiger partial charge in [0.1, 0.15) is 6.61 Å². The topological polar surface area (TPSA) is 99.4 Å². The summed E-state index contributed by atoms with van der Waals surface area (Å²) in [5, 5.41) is 32.9. The predicted molar refractivity (Wildman–Crippen MR) is 86.1 cm³/mol. The Kier molecular flexibility index (Phi) is 6.84. The Bertz CT molecular complexity index is 425. The monoisotopic (exact) mass is 327 g/mol. The fourth-order valence-corrected chi connectivity index (χ4v) is 3.75. The lowest BCUT2D eigenvalue weighted by Crippen LogP contribution is -2.38. The van der Waals surface area contributed by atoms with E-state index in [4.69, 9.17) is 9.94 Å². The molecule has 0 aromatic heterocycles. The van der Waals surface area contributed by atoms with Crippen molar-refractivity contribution in [3.8, 4) is 0 Å². The summed E-state index contributed by atoms with van der Waals surface area (Å²) in [4.78, 5) is 15.5. The Balaban J connectivity index is 1.71. The zero-order valence-corrected chi connectivity index (χ0v) is 13.9. The Morgan fingerprint density at radius 1 is 1.43 bits per heavy atom. The summed E-state index contributed by atoms with van der Waals surface area (Å²) in [7, 11) is 0. The number of aliphatic carboxylic acids is 1. The van der Waals surface area contributed by atoms with Crippen molar-refractivity contribution in [3.05, 3.63) is 0 Å². The molecular formula is C17H29NO5. The third-order valence-corrected chi connectivity index (χ3v) is 5.22. The molecule has 2 saturated carbocycles. The van der Waals surface area contributed by atoms with Crippen LogP contribution in [-0.4, -0.2) is 45.8 Å². The molecule has 23 heavy (non-hydrogen) atoms. The number of unbranched alkanes of at least 4 members (excludes halogenated alkanes) is 1. The van der Waals surface area contributed by atoms with E-state index < -0.39 is 5.97 Å². The van der Waals surface area contributed by atoms with Gasteiger partial charge in [-0.15, -0.1) is 0 Å². The SMILES string of the molecule is CCCCC(O)CCC1CC2C(=NOCCC(=O)O)CC2C1O. The van der Waals surface area contributed by atoms with Gasteiger partial charge in [0.15, 0.2) is 0 Å². The number of carboxylic acids is 1. The molecule has 0 amide bonds. The number of fused-ring (bicyclic) bond motifs is 1. The van der Waals surface area contributed by atoms with E-state index in [1.807, 2.05) is 0 Å². The minimum atomic E-state index is -0.894. The third kappa shape index (κ3) is 4.91. The highest BCUT2D eigenvalue weighted by Gasteiger charge is 2.51. The lowest BCUT2D eigenvalue weighted by Gasteiger charge is -2.33. The number of oxime groups is 1. The fourth-order valence-electron chi connectivity index (χ4n) is 3.75. The second-order valence-electron chi connectivity index (χ2n) is 6.89. The number of carbonyl (C=O) groups is 1. The van der Waals surface area contributed by atoms with E-state index in [1.165, 1.54) is 0 Å². The number of carboxylic acid groups (broad SMARTS) is 1. The molecular weight excluding hydrogens is 298 g/mol. The van der Waals surface area contributed by atoms with Gasteiger partial charge in [-0.2, -0.15) is 0 Å². The van der Waals surface area contributed by atoms with Gasteiger partial charge in [-0.3, -0.25) is 4.79 Å². The van der Waals surface area contributed by atoms with E-state index in [2.05, 4.69) is 12.1 Å². The van der Waals surface area contributed by atoms with Gasteiger partial charge in [-0.05, 0) is 43.9 Å². The second kappa shape index (κ2) is 8.64. The summed E-state index contributed by atoms with van der Waals surface area (Å²) < 4.78 is 0. The van der Waals surface area contributed by atoms with Gasteiger partial charge in [0.25, 0.3) is 0 Å². The molecule has 6 nitrogen and oxygen atoms in total. The predicted octanol–water partition coefficient (Wildman–Crippen LogP) is 2.18. The largest absolute Gasteiger partial charge is 0.481 e. The minimum absolute atomic E-state index is 0.0498. The van der Waals surface area contributed by atoms with E-state index in [9.17, 15) is 15.0 Å². The molecule has 2 aliphatic carbocycles. The van der Waals surface area contributed by atoms with Crippen LogP contribution in [0.2, 0.25) is 0 Å². The number of aliphatic hydroxyl groups excluding tert-OH is 2. The van der Waals surface area contributed by atoms with Crippen molar-refractivity contribution < 1.29 is 25.0 Å². The van der Waals surface area contributed by atoms with E-state index in [0.29, 0.717) is 0 Å². The average molecular weight is 327 g/mol. The maximum absolute atomic E-state index is 10.4. The van der Waals surface area contributed by atoms with Crippen LogP contribution >= 0.6 is 0 Å². The molecule has 6 heteroatoms. The maximum atomic E-state index is 10.4. The molecule has 0 heterocycles. The number of aliphatic hydroxyl groups is 2.